The molecule has 19 heavy (non-hydrogen) atoms. The summed E-state index contributed by atoms with van der Waals surface area (Å²) in [6.07, 6.45) is 0. The molecule has 0 unspecified atom stereocenters. The number of aromatic hydroxyl groups is 1. The van der Waals surface area contributed by atoms with Crippen LogP contribution in [-0.2, 0) is 0 Å². The molecule has 2 aromatic rings. The van der Waals surface area contributed by atoms with Crippen molar-refractivity contribution in [3.8, 4) is 5.75 Å². The number of carbonyl (C=O) groups excluding carboxylic acids is 1. The lowest BCUT2D eigenvalue weighted by Crippen LogP contribution is -2.12. The summed E-state index contributed by atoms with van der Waals surface area (Å²) in [7, 11) is 0. The molecule has 0 radical (unpaired) electrons. The third-order valence-electron chi connectivity index (χ3n) is 2.66. The van der Waals surface area contributed by atoms with Gasteiger partial charge in [-0.3, -0.25) is 4.79 Å². The predicted octanol–water partition coefficient (Wildman–Crippen LogP) is 4.26. The van der Waals surface area contributed by atoms with E-state index in [4.69, 9.17) is 23.2 Å². The van der Waals surface area contributed by atoms with Gasteiger partial charge in [0, 0.05) is 11.8 Å². The average molecular weight is 296 g/mol. The van der Waals surface area contributed by atoms with E-state index in [2.05, 4.69) is 5.32 Å². The number of rotatable bonds is 2. The minimum atomic E-state index is -0.379. The molecule has 3 nitrogen and oxygen atoms in total. The molecular formula is C14H11Cl2NO2. The quantitative estimate of drug-likeness (QED) is 0.870. The first kappa shape index (κ1) is 13.7. The van der Waals surface area contributed by atoms with Gasteiger partial charge < -0.3 is 10.4 Å². The Morgan fingerprint density at radius 1 is 1.21 bits per heavy atom. The summed E-state index contributed by atoms with van der Waals surface area (Å²) < 4.78 is 0. The molecular weight excluding hydrogens is 285 g/mol. The van der Waals surface area contributed by atoms with E-state index >= 15 is 0 Å². The maximum atomic E-state index is 12.0. The third-order valence-corrected chi connectivity index (χ3v) is 3.48. The summed E-state index contributed by atoms with van der Waals surface area (Å²) in [6, 6.07) is 9.73. The zero-order valence-electron chi connectivity index (χ0n) is 10.1. The Morgan fingerprint density at radius 2 is 1.95 bits per heavy atom. The molecule has 0 atom stereocenters. The van der Waals surface area contributed by atoms with E-state index in [0.717, 1.165) is 5.56 Å². The Labute approximate surface area is 120 Å². The second-order valence-corrected chi connectivity index (χ2v) is 4.84. The van der Waals surface area contributed by atoms with Crippen LogP contribution in [0.5, 0.6) is 5.75 Å². The highest BCUT2D eigenvalue weighted by Crippen LogP contribution is 2.27. The molecule has 0 saturated carbocycles. The van der Waals surface area contributed by atoms with Gasteiger partial charge in [-0.2, -0.15) is 0 Å². The van der Waals surface area contributed by atoms with Gasteiger partial charge in [0.1, 0.15) is 5.75 Å². The van der Waals surface area contributed by atoms with E-state index in [1.165, 1.54) is 6.07 Å². The Kier molecular flexibility index (Phi) is 3.98. The molecule has 0 bridgehead atoms. The smallest absolute Gasteiger partial charge is 0.257 e. The van der Waals surface area contributed by atoms with Gasteiger partial charge in [0.25, 0.3) is 5.91 Å². The summed E-state index contributed by atoms with van der Waals surface area (Å²) in [5.41, 5.74) is 1.51. The molecule has 0 fully saturated rings. The minimum Gasteiger partial charge on any atom is -0.508 e. The van der Waals surface area contributed by atoms with Gasteiger partial charge in [-0.15, -0.1) is 0 Å². The third kappa shape index (κ3) is 3.00. The molecule has 2 N–H and O–H groups in total. The molecule has 1 amide bonds. The van der Waals surface area contributed by atoms with Crippen molar-refractivity contribution in [3.05, 3.63) is 57.6 Å². The molecule has 0 aromatic heterocycles. The predicted molar refractivity (Wildman–Crippen MR) is 77.3 cm³/mol. The van der Waals surface area contributed by atoms with E-state index < -0.39 is 0 Å². The molecule has 0 spiro atoms. The molecule has 98 valence electrons. The Morgan fingerprint density at radius 3 is 2.63 bits per heavy atom. The monoisotopic (exact) mass is 295 g/mol. The van der Waals surface area contributed by atoms with Crippen LogP contribution in [0.15, 0.2) is 36.4 Å². The highest BCUT2D eigenvalue weighted by Gasteiger charge is 2.13. The molecule has 0 aliphatic rings. The van der Waals surface area contributed by atoms with Crippen LogP contribution in [-0.4, -0.2) is 11.0 Å². The van der Waals surface area contributed by atoms with Crippen molar-refractivity contribution in [1.82, 2.24) is 0 Å². The van der Waals surface area contributed by atoms with Gasteiger partial charge in [0.05, 0.1) is 15.6 Å². The number of hydrogen-bond acceptors (Lipinski definition) is 2. The van der Waals surface area contributed by atoms with Crippen LogP contribution in [0.1, 0.15) is 15.9 Å². The maximum Gasteiger partial charge on any atom is 0.257 e. The first-order chi connectivity index (χ1) is 8.99. The SMILES string of the molecule is Cc1ccc(NC(=O)c2cccc(Cl)c2Cl)cc1O. The summed E-state index contributed by atoms with van der Waals surface area (Å²) in [6.45, 7) is 1.77. The summed E-state index contributed by atoms with van der Waals surface area (Å²) in [4.78, 5) is 12.0. The number of amides is 1. The van der Waals surface area contributed by atoms with E-state index in [9.17, 15) is 9.90 Å². The number of halogens is 2. The zero-order chi connectivity index (χ0) is 14.0. The normalized spacial score (nSPS) is 10.3. The average Bonchev–Trinajstić information content (AvgIpc) is 2.37. The van der Waals surface area contributed by atoms with Gasteiger partial charge in [-0.25, -0.2) is 0 Å². The first-order valence-electron chi connectivity index (χ1n) is 5.54. The standard InChI is InChI=1S/C14H11Cl2NO2/c1-8-5-6-9(7-12(8)18)17-14(19)10-3-2-4-11(15)13(10)16/h2-7,18H,1H3,(H,17,19). The molecule has 0 heterocycles. The summed E-state index contributed by atoms with van der Waals surface area (Å²) in [5, 5.41) is 12.8. The van der Waals surface area contributed by atoms with Crippen LogP contribution in [0.3, 0.4) is 0 Å². The highest BCUT2D eigenvalue weighted by atomic mass is 35.5. The fourth-order valence-electron chi connectivity index (χ4n) is 1.56. The van der Waals surface area contributed by atoms with Crippen LogP contribution in [0, 0.1) is 6.92 Å². The van der Waals surface area contributed by atoms with E-state index in [-0.39, 0.29) is 22.2 Å². The van der Waals surface area contributed by atoms with Crippen LogP contribution in [0.4, 0.5) is 5.69 Å². The van der Waals surface area contributed by atoms with E-state index in [1.807, 2.05) is 0 Å². The van der Waals surface area contributed by atoms with Crippen molar-refractivity contribution >= 4 is 34.8 Å². The number of benzene rings is 2. The number of phenols is 1. The molecule has 2 rings (SSSR count). The second kappa shape index (κ2) is 5.51. The van der Waals surface area contributed by atoms with Crippen molar-refractivity contribution in [1.29, 1.82) is 0 Å². The van der Waals surface area contributed by atoms with Crippen molar-refractivity contribution in [3.63, 3.8) is 0 Å². The Bertz CT molecular complexity index is 641. The van der Waals surface area contributed by atoms with E-state index in [0.29, 0.717) is 10.7 Å². The first-order valence-corrected chi connectivity index (χ1v) is 6.29. The molecule has 2 aromatic carbocycles. The van der Waals surface area contributed by atoms with Crippen LogP contribution >= 0.6 is 23.2 Å². The zero-order valence-corrected chi connectivity index (χ0v) is 11.6. The van der Waals surface area contributed by atoms with Gasteiger partial charge in [0.2, 0.25) is 0 Å². The van der Waals surface area contributed by atoms with Crippen LogP contribution < -0.4 is 5.32 Å². The van der Waals surface area contributed by atoms with Gasteiger partial charge in [-0.05, 0) is 30.7 Å². The minimum absolute atomic E-state index is 0.120. The Balaban J connectivity index is 2.26. The molecule has 0 aliphatic heterocycles. The number of nitrogens with one attached hydrogen (secondary N) is 1. The van der Waals surface area contributed by atoms with Crippen LogP contribution in [0.25, 0.3) is 0 Å². The second-order valence-electron chi connectivity index (χ2n) is 4.06. The number of phenolic OH excluding ortho intramolecular Hbond substituents is 1. The molecule has 0 saturated heterocycles. The lowest BCUT2D eigenvalue weighted by atomic mass is 10.2. The maximum absolute atomic E-state index is 12.0. The summed E-state index contributed by atoms with van der Waals surface area (Å²) >= 11 is 11.8. The highest BCUT2D eigenvalue weighted by molar-refractivity contribution is 6.44. The fourth-order valence-corrected chi connectivity index (χ4v) is 1.95. The fraction of sp³-hybridized carbons (Fsp3) is 0.0714. The van der Waals surface area contributed by atoms with Crippen LogP contribution in [0.2, 0.25) is 10.0 Å². The number of anilines is 1. The largest absolute Gasteiger partial charge is 0.508 e. The Hall–Kier alpha value is -1.71. The van der Waals surface area contributed by atoms with E-state index in [1.54, 1.807) is 37.3 Å². The number of hydrogen-bond donors (Lipinski definition) is 2. The lowest BCUT2D eigenvalue weighted by molar-refractivity contribution is 0.102. The van der Waals surface area contributed by atoms with Crippen molar-refractivity contribution in [2.24, 2.45) is 0 Å². The van der Waals surface area contributed by atoms with Crippen molar-refractivity contribution < 1.29 is 9.90 Å². The van der Waals surface area contributed by atoms with Crippen molar-refractivity contribution in [2.45, 2.75) is 6.92 Å². The number of aryl methyl sites for hydroxylation is 1. The van der Waals surface area contributed by atoms with Crippen molar-refractivity contribution in [2.75, 3.05) is 5.32 Å². The molecule has 5 heteroatoms. The lowest BCUT2D eigenvalue weighted by Gasteiger charge is -2.08. The number of carbonyl (C=O) groups is 1. The molecule has 0 aliphatic carbocycles. The van der Waals surface area contributed by atoms with Gasteiger partial charge in [0.15, 0.2) is 0 Å². The van der Waals surface area contributed by atoms with Gasteiger partial charge >= 0.3 is 0 Å². The summed E-state index contributed by atoms with van der Waals surface area (Å²) in [5.74, 6) is -0.259. The van der Waals surface area contributed by atoms with Gasteiger partial charge in [-0.1, -0.05) is 35.3 Å². The topological polar surface area (TPSA) is 49.3 Å².